The van der Waals surface area contributed by atoms with Crippen molar-refractivity contribution in [3.8, 4) is 0 Å². The monoisotopic (exact) mass is 495 g/mol. The molecule has 182 valence electrons. The van der Waals surface area contributed by atoms with Crippen LogP contribution in [0, 0.1) is 0 Å². The maximum absolute atomic E-state index is 14.1. The minimum absolute atomic E-state index is 0.00331. The third kappa shape index (κ3) is 8.95. The van der Waals surface area contributed by atoms with E-state index in [2.05, 4.69) is 107 Å². The van der Waals surface area contributed by atoms with E-state index in [1.54, 1.807) is 0 Å². The maximum atomic E-state index is 14.1. The zero-order valence-electron chi connectivity index (χ0n) is 23.0. The molecular weight excluding hydrogens is 441 g/mol. The van der Waals surface area contributed by atoms with E-state index in [4.69, 9.17) is 8.43 Å². The van der Waals surface area contributed by atoms with Gasteiger partial charge in [0, 0.05) is 6.16 Å². The Bertz CT molecular complexity index is 568. The molecule has 0 aromatic rings. The van der Waals surface area contributed by atoms with Gasteiger partial charge in [-0.15, -0.1) is 0 Å². The largest absolute Gasteiger partial charge is 0.351 e. The Labute approximate surface area is 192 Å². The van der Waals surface area contributed by atoms with Gasteiger partial charge in [0.1, 0.15) is 8.24 Å². The second-order valence-electron chi connectivity index (χ2n) is 13.5. The van der Waals surface area contributed by atoms with E-state index in [1.165, 1.54) is 0 Å². The highest BCUT2D eigenvalue weighted by atomic mass is 31.2. The van der Waals surface area contributed by atoms with Crippen LogP contribution in [-0.4, -0.2) is 37.6 Å². The Morgan fingerprint density at radius 2 is 1.03 bits per heavy atom. The van der Waals surface area contributed by atoms with Crippen LogP contribution in [0.5, 0.6) is 0 Å². The van der Waals surface area contributed by atoms with Crippen molar-refractivity contribution in [2.75, 3.05) is 12.7 Å². The van der Waals surface area contributed by atoms with Crippen LogP contribution < -0.4 is 4.98 Å². The van der Waals surface area contributed by atoms with Gasteiger partial charge in [-0.2, -0.15) is 0 Å². The lowest BCUT2D eigenvalue weighted by atomic mass is 10.2. The minimum atomic E-state index is -3.16. The Hall–Kier alpha value is 0.761. The SMILES string of the molecule is CC(C)(C)[Si](C)(C)NCCCCP(=O)(O[Si](C)(C)C(C)(C)C)O[Si](C)(C)C(C)(C)C. The number of unbranched alkanes of at least 4 members (excludes halogenated alkanes) is 1. The molecule has 4 nitrogen and oxygen atoms in total. The van der Waals surface area contributed by atoms with Gasteiger partial charge in [-0.05, 0) is 60.7 Å². The topological polar surface area (TPSA) is 47.6 Å². The summed E-state index contributed by atoms with van der Waals surface area (Å²) < 4.78 is 27.1. The smallest absolute Gasteiger partial charge is 0.311 e. The van der Waals surface area contributed by atoms with Crippen molar-refractivity contribution in [1.82, 2.24) is 4.98 Å². The van der Waals surface area contributed by atoms with Crippen LogP contribution in [0.15, 0.2) is 0 Å². The van der Waals surface area contributed by atoms with Crippen LogP contribution in [0.3, 0.4) is 0 Å². The van der Waals surface area contributed by atoms with E-state index < -0.39 is 32.5 Å². The molecule has 0 aliphatic heterocycles. The van der Waals surface area contributed by atoms with E-state index >= 15 is 0 Å². The molecule has 0 aliphatic rings. The normalized spacial score (nSPS) is 15.6. The second kappa shape index (κ2) is 9.94. The van der Waals surface area contributed by atoms with Gasteiger partial charge in [-0.1, -0.05) is 75.4 Å². The summed E-state index contributed by atoms with van der Waals surface area (Å²) in [6.45, 7) is 34.6. The molecule has 0 amide bonds. The molecule has 0 rings (SSSR count). The zero-order chi connectivity index (χ0) is 24.4. The lowest BCUT2D eigenvalue weighted by Gasteiger charge is -2.43. The summed E-state index contributed by atoms with van der Waals surface area (Å²) in [5, 5.41) is 0.325. The number of nitrogens with one attached hydrogen (secondary N) is 1. The molecule has 0 atom stereocenters. The highest BCUT2D eigenvalue weighted by Gasteiger charge is 2.48. The molecule has 0 aromatic carbocycles. The van der Waals surface area contributed by atoms with Gasteiger partial charge in [0.15, 0.2) is 0 Å². The van der Waals surface area contributed by atoms with Gasteiger partial charge in [0.25, 0.3) is 0 Å². The summed E-state index contributed by atoms with van der Waals surface area (Å²) in [6, 6.07) is 0. The van der Waals surface area contributed by atoms with E-state index in [9.17, 15) is 4.57 Å². The predicted octanol–water partition coefficient (Wildman–Crippen LogP) is 8.60. The molecule has 0 saturated carbocycles. The molecule has 0 fully saturated rings. The lowest BCUT2D eigenvalue weighted by Crippen LogP contribution is -2.52. The molecular formula is C22H54NO3PSi3. The minimum Gasteiger partial charge on any atom is -0.351 e. The van der Waals surface area contributed by atoms with Gasteiger partial charge in [-0.3, -0.25) is 4.57 Å². The second-order valence-corrected chi connectivity index (χ2v) is 30.8. The van der Waals surface area contributed by atoms with Crippen molar-refractivity contribution in [2.24, 2.45) is 0 Å². The summed E-state index contributed by atoms with van der Waals surface area (Å²) in [5.74, 6) is 0. The first-order valence-electron chi connectivity index (χ1n) is 11.6. The molecule has 0 radical (unpaired) electrons. The third-order valence-corrected chi connectivity index (χ3v) is 26.5. The third-order valence-electron chi connectivity index (χ3n) is 7.65. The van der Waals surface area contributed by atoms with Crippen molar-refractivity contribution in [3.05, 3.63) is 0 Å². The van der Waals surface area contributed by atoms with E-state index in [0.29, 0.717) is 11.2 Å². The highest BCUT2D eigenvalue weighted by molar-refractivity contribution is 7.57. The van der Waals surface area contributed by atoms with Crippen molar-refractivity contribution in [3.63, 3.8) is 0 Å². The maximum Gasteiger partial charge on any atom is 0.311 e. The molecule has 30 heavy (non-hydrogen) atoms. The lowest BCUT2D eigenvalue weighted by molar-refractivity contribution is 0.355. The Morgan fingerprint density at radius 3 is 1.33 bits per heavy atom. The Kier molecular flexibility index (Phi) is 10.2. The van der Waals surface area contributed by atoms with Crippen LogP contribution in [0.25, 0.3) is 0 Å². The molecule has 0 aromatic heterocycles. The fraction of sp³-hybridized carbons (Fsp3) is 1.00. The Balaban J connectivity index is 5.32. The summed E-state index contributed by atoms with van der Waals surface area (Å²) in [5.41, 5.74) is 0. The highest BCUT2D eigenvalue weighted by Crippen LogP contribution is 2.59. The van der Waals surface area contributed by atoms with Crippen LogP contribution in [0.4, 0.5) is 0 Å². The van der Waals surface area contributed by atoms with Gasteiger partial charge in [0.2, 0.25) is 16.6 Å². The van der Waals surface area contributed by atoms with E-state index in [0.717, 1.165) is 19.4 Å². The summed E-state index contributed by atoms with van der Waals surface area (Å²) in [6.07, 6.45) is 2.38. The Morgan fingerprint density at radius 1 is 0.667 bits per heavy atom. The molecule has 0 aliphatic carbocycles. The van der Waals surface area contributed by atoms with E-state index in [-0.39, 0.29) is 10.1 Å². The standard InChI is InChI=1S/C22H54NO3PSi3/c1-20(2,3)28(10,11)23-18-16-17-19-27(24,25-29(12,13)21(4,5)6)26-30(14,15)22(7,8)9/h23H,16-19H2,1-15H3. The quantitative estimate of drug-likeness (QED) is 0.187. The zero-order valence-corrected chi connectivity index (χ0v) is 26.9. The first-order chi connectivity index (χ1) is 12.9. The van der Waals surface area contributed by atoms with Crippen molar-refractivity contribution in [2.45, 2.75) is 130 Å². The first kappa shape index (κ1) is 30.8. The van der Waals surface area contributed by atoms with Crippen molar-refractivity contribution < 1.29 is 13.0 Å². The van der Waals surface area contributed by atoms with Crippen LogP contribution in [-0.2, 0) is 13.0 Å². The molecule has 0 spiro atoms. The fourth-order valence-electron chi connectivity index (χ4n) is 2.18. The van der Waals surface area contributed by atoms with Gasteiger partial charge in [0.05, 0.1) is 0 Å². The van der Waals surface area contributed by atoms with Gasteiger partial charge >= 0.3 is 7.60 Å². The van der Waals surface area contributed by atoms with Crippen molar-refractivity contribution in [1.29, 1.82) is 0 Å². The summed E-state index contributed by atoms with van der Waals surface area (Å²) in [7, 11) is -9.05. The molecule has 8 heteroatoms. The predicted molar refractivity (Wildman–Crippen MR) is 143 cm³/mol. The van der Waals surface area contributed by atoms with E-state index in [1.807, 2.05) is 0 Å². The number of hydrogen-bond donors (Lipinski definition) is 1. The molecule has 1 N–H and O–H groups in total. The van der Waals surface area contributed by atoms with Crippen molar-refractivity contribution >= 4 is 32.5 Å². The average Bonchev–Trinajstić information content (AvgIpc) is 2.41. The van der Waals surface area contributed by atoms with Gasteiger partial charge in [-0.25, -0.2) is 0 Å². The molecule has 0 saturated heterocycles. The van der Waals surface area contributed by atoms with Gasteiger partial charge < -0.3 is 13.4 Å². The molecule has 0 bridgehead atoms. The summed E-state index contributed by atoms with van der Waals surface area (Å²) >= 11 is 0. The van der Waals surface area contributed by atoms with Crippen LogP contribution in [0.2, 0.25) is 54.4 Å². The molecule has 0 heterocycles. The average molecular weight is 496 g/mol. The summed E-state index contributed by atoms with van der Waals surface area (Å²) in [4.78, 5) is 3.82. The van der Waals surface area contributed by atoms with Crippen LogP contribution >= 0.6 is 7.60 Å². The molecule has 0 unspecified atom stereocenters. The first-order valence-corrected chi connectivity index (χ1v) is 22.2. The van der Waals surface area contributed by atoms with Crippen LogP contribution in [0.1, 0.15) is 75.2 Å². The fourth-order valence-corrected chi connectivity index (χ4v) is 13.1. The number of rotatable bonds is 10. The number of hydrogen-bond acceptors (Lipinski definition) is 4.